The summed E-state index contributed by atoms with van der Waals surface area (Å²) in [6, 6.07) is 9.30. The maximum absolute atomic E-state index is 3.54. The third-order valence-corrected chi connectivity index (χ3v) is 38.2. The second-order valence-corrected chi connectivity index (χ2v) is 45.8. The van der Waals surface area contributed by atoms with Gasteiger partial charge in [0.1, 0.15) is 0 Å². The molecule has 0 N–H and O–H groups in total. The molecular formula is C112H204N4. The van der Waals surface area contributed by atoms with Crippen LogP contribution in [0, 0.1) is 52.8 Å². The fourth-order valence-corrected chi connectivity index (χ4v) is 32.0. The smallest absolute Gasteiger partial charge is 0.0101 e. The second kappa shape index (κ2) is 54.1. The molecule has 0 aromatic rings. The Morgan fingerprint density at radius 3 is 0.724 bits per heavy atom. The Balaban J connectivity index is 0.867. The average Bonchev–Trinajstić information content (AvgIpc) is 0.923. The average molecular weight is 1610 g/mol. The van der Waals surface area contributed by atoms with Crippen molar-refractivity contribution in [2.75, 3.05) is 6.54 Å². The van der Waals surface area contributed by atoms with Gasteiger partial charge in [0.2, 0.25) is 0 Å². The fourth-order valence-electron chi connectivity index (χ4n) is 32.0. The number of hydrogen-bond donors (Lipinski definition) is 0. The summed E-state index contributed by atoms with van der Waals surface area (Å²) in [5.41, 5.74) is 0.453. The normalized spacial score (nSPS) is 35.3. The first-order valence-corrected chi connectivity index (χ1v) is 56.6. The third-order valence-electron chi connectivity index (χ3n) is 38.2. The summed E-state index contributed by atoms with van der Waals surface area (Å²) in [5.74, 6) is 7.44. The SMILES string of the molecule is CC1(C2CCCCC(N(C3CCCCCCCCC3)C3CCCCCCCC3)CCCC2C2CCCC(N(C3CCCCCCCCCC3)C3CCCCCCC3)CC2)C2CCCCC(CN(C3CCCCCCCCC3)C3CCCCCC3)CCC(C2)C2CCC(N(C3CCCCCCCC3)C3CCCCCCCC3)CCCCC21. The molecule has 13 rings (SSSR count). The second-order valence-electron chi connectivity index (χ2n) is 45.8. The van der Waals surface area contributed by atoms with Gasteiger partial charge in [0.05, 0.1) is 0 Å². The molecule has 12 atom stereocenters. The van der Waals surface area contributed by atoms with Crippen LogP contribution in [0.25, 0.3) is 0 Å². The minimum atomic E-state index is 0.453. The number of rotatable bonds is 15. The van der Waals surface area contributed by atoms with Gasteiger partial charge in [0.25, 0.3) is 0 Å². The summed E-state index contributed by atoms with van der Waals surface area (Å²) in [6.07, 6.45) is 137. The van der Waals surface area contributed by atoms with Crippen molar-refractivity contribution in [2.45, 2.75) is 651 Å². The molecule has 0 aliphatic heterocycles. The lowest BCUT2D eigenvalue weighted by molar-refractivity contribution is -0.123. The molecule has 0 spiro atoms. The Bertz CT molecular complexity index is 2370. The predicted molar refractivity (Wildman–Crippen MR) is 505 cm³/mol. The Labute approximate surface area is 725 Å². The minimum absolute atomic E-state index is 0.453. The molecule has 13 fully saturated rings. The molecule has 0 aromatic carbocycles. The van der Waals surface area contributed by atoms with Crippen LogP contribution in [-0.2, 0) is 0 Å². The first-order chi connectivity index (χ1) is 57.6. The molecule has 0 radical (unpaired) electrons. The van der Waals surface area contributed by atoms with Crippen LogP contribution in [0.4, 0.5) is 0 Å². The van der Waals surface area contributed by atoms with Crippen LogP contribution in [0.5, 0.6) is 0 Å². The molecule has 2 bridgehead atoms. The lowest BCUT2D eigenvalue weighted by atomic mass is 9.44. The molecule has 116 heavy (non-hydrogen) atoms. The van der Waals surface area contributed by atoms with Crippen LogP contribution in [0.15, 0.2) is 0 Å². The summed E-state index contributed by atoms with van der Waals surface area (Å²) in [7, 11) is 0. The van der Waals surface area contributed by atoms with Crippen LogP contribution in [0.2, 0.25) is 0 Å². The van der Waals surface area contributed by atoms with Gasteiger partial charge in [0.15, 0.2) is 0 Å². The van der Waals surface area contributed by atoms with E-state index >= 15 is 0 Å². The maximum atomic E-state index is 3.54. The largest absolute Gasteiger partial charge is 0.297 e. The zero-order chi connectivity index (χ0) is 79.1. The topological polar surface area (TPSA) is 13.0 Å². The van der Waals surface area contributed by atoms with Gasteiger partial charge in [-0.15, -0.1) is 0 Å². The first kappa shape index (κ1) is 93.5. The van der Waals surface area contributed by atoms with Crippen molar-refractivity contribution >= 4 is 0 Å². The number of nitrogens with zero attached hydrogens (tertiary/aromatic N) is 4. The van der Waals surface area contributed by atoms with Gasteiger partial charge in [-0.2, -0.15) is 0 Å². The highest BCUT2D eigenvalue weighted by molar-refractivity contribution is 5.07. The van der Waals surface area contributed by atoms with Gasteiger partial charge < -0.3 is 0 Å². The monoisotopic (exact) mass is 1610 g/mol. The standard InChI is InChI=1S/C112H204N4/c1-112(110-83-55-53-78-105(114(100-68-43-25-12-13-26-44-69-100)99-66-39-23-10-5-11-24-40-67-99)81-58-82-108(110)94-60-57-80-107(88-87-94)116(104-76-49-31-18-32-50-77-104)103-74-41-21-6-2-3-7-22-42-75-103)96-61-52-51-59-93(92-113(98-64-37-33-34-38-65-98)97-62-35-19-8-4-9-20-36-63-97)85-86-95(91-96)109-90-89-106(79-54-56-84-111(109)112)115(101-70-45-27-14-15-28-46-71-101)102-72-47-29-16-17-30-48-73-102/h93-111H,2-92H2,1H3. The van der Waals surface area contributed by atoms with Gasteiger partial charge in [-0.05, 0) is 258 Å². The van der Waals surface area contributed by atoms with Crippen molar-refractivity contribution in [3.05, 3.63) is 0 Å². The summed E-state index contributed by atoms with van der Waals surface area (Å²) in [4.78, 5) is 13.9. The van der Waals surface area contributed by atoms with Gasteiger partial charge in [0, 0.05) is 73.0 Å². The summed E-state index contributed by atoms with van der Waals surface area (Å²) < 4.78 is 0. The van der Waals surface area contributed by atoms with E-state index in [9.17, 15) is 0 Å². The van der Waals surface area contributed by atoms with Crippen molar-refractivity contribution in [3.8, 4) is 0 Å². The van der Waals surface area contributed by atoms with Crippen molar-refractivity contribution < 1.29 is 0 Å². The van der Waals surface area contributed by atoms with E-state index in [0.717, 1.165) is 114 Å². The quantitative estimate of drug-likeness (QED) is 0.152. The van der Waals surface area contributed by atoms with Crippen LogP contribution >= 0.6 is 0 Å². The molecule has 13 aliphatic carbocycles. The molecule has 0 heterocycles. The zero-order valence-corrected chi connectivity index (χ0v) is 78.6. The predicted octanol–water partition coefficient (Wildman–Crippen LogP) is 34.5. The van der Waals surface area contributed by atoms with Crippen LogP contribution in [-0.4, -0.2) is 92.6 Å². The van der Waals surface area contributed by atoms with E-state index in [2.05, 4.69) is 26.5 Å². The highest BCUT2D eigenvalue weighted by Gasteiger charge is 2.57. The van der Waals surface area contributed by atoms with E-state index in [1.165, 1.54) is 469 Å². The highest BCUT2D eigenvalue weighted by atomic mass is 15.2. The summed E-state index contributed by atoms with van der Waals surface area (Å²) in [6.45, 7) is 4.75. The summed E-state index contributed by atoms with van der Waals surface area (Å²) >= 11 is 0. The Kier molecular flexibility index (Phi) is 43.6. The van der Waals surface area contributed by atoms with E-state index in [0.29, 0.717) is 5.41 Å². The van der Waals surface area contributed by atoms with Crippen molar-refractivity contribution in [3.63, 3.8) is 0 Å². The van der Waals surface area contributed by atoms with Crippen LogP contribution < -0.4 is 0 Å². The first-order valence-electron chi connectivity index (χ1n) is 56.6. The van der Waals surface area contributed by atoms with E-state index in [1.807, 2.05) is 0 Å². The lowest BCUT2D eigenvalue weighted by Gasteiger charge is -2.61. The van der Waals surface area contributed by atoms with Gasteiger partial charge >= 0.3 is 0 Å². The zero-order valence-electron chi connectivity index (χ0n) is 78.6. The minimum Gasteiger partial charge on any atom is -0.297 e. The van der Waals surface area contributed by atoms with Crippen molar-refractivity contribution in [1.82, 2.24) is 19.6 Å². The van der Waals surface area contributed by atoms with E-state index in [-0.39, 0.29) is 0 Å². The molecule has 672 valence electrons. The number of fused-ring (bicyclic) bond motifs is 4. The molecule has 13 saturated carbocycles. The van der Waals surface area contributed by atoms with Gasteiger partial charge in [-0.3, -0.25) is 19.6 Å². The molecule has 0 saturated heterocycles. The fraction of sp³-hybridized carbons (Fsp3) is 1.00. The molecule has 4 heteroatoms. The Morgan fingerprint density at radius 2 is 0.397 bits per heavy atom. The molecule has 0 amide bonds. The highest BCUT2D eigenvalue weighted by Crippen LogP contribution is 2.65. The van der Waals surface area contributed by atoms with Crippen LogP contribution in [0.3, 0.4) is 0 Å². The molecular weight excluding hydrogens is 1400 g/mol. The van der Waals surface area contributed by atoms with E-state index in [1.54, 1.807) is 116 Å². The van der Waals surface area contributed by atoms with E-state index in [4.69, 9.17) is 0 Å². The van der Waals surface area contributed by atoms with Crippen molar-refractivity contribution in [2.24, 2.45) is 52.8 Å². The maximum Gasteiger partial charge on any atom is 0.0101 e. The van der Waals surface area contributed by atoms with Crippen LogP contribution in [0.1, 0.15) is 585 Å². The molecule has 4 nitrogen and oxygen atoms in total. The summed E-state index contributed by atoms with van der Waals surface area (Å²) in [5, 5.41) is 0. The molecule has 12 unspecified atom stereocenters. The Hall–Kier alpha value is -0.160. The third kappa shape index (κ3) is 29.2. The molecule has 13 aliphatic rings. The molecule has 0 aromatic heterocycles. The van der Waals surface area contributed by atoms with E-state index < -0.39 is 0 Å². The lowest BCUT2D eigenvalue weighted by Crippen LogP contribution is -2.54. The van der Waals surface area contributed by atoms with Gasteiger partial charge in [-0.1, -0.05) is 379 Å². The van der Waals surface area contributed by atoms with Crippen molar-refractivity contribution in [1.29, 1.82) is 0 Å². The Morgan fingerprint density at radius 1 is 0.172 bits per heavy atom. The van der Waals surface area contributed by atoms with Gasteiger partial charge in [-0.25, -0.2) is 0 Å². The number of hydrogen-bond acceptors (Lipinski definition) is 4.